The number of carbonyl (C=O) groups excluding carboxylic acids is 1. The predicted octanol–water partition coefficient (Wildman–Crippen LogP) is 1.74. The summed E-state index contributed by atoms with van der Waals surface area (Å²) in [4.78, 5) is 24.4. The van der Waals surface area contributed by atoms with Gasteiger partial charge in [0.2, 0.25) is 0 Å². The lowest BCUT2D eigenvalue weighted by atomic mass is 9.82. The molecule has 1 saturated carbocycles. The lowest BCUT2D eigenvalue weighted by Gasteiger charge is -2.33. The highest BCUT2D eigenvalue weighted by Crippen LogP contribution is 2.25. The summed E-state index contributed by atoms with van der Waals surface area (Å²) in [7, 11) is 0. The van der Waals surface area contributed by atoms with Gasteiger partial charge in [0.05, 0.1) is 11.1 Å². The van der Waals surface area contributed by atoms with Crippen LogP contribution in [0, 0.1) is 10.1 Å². The predicted molar refractivity (Wildman–Crippen MR) is 77.0 cm³/mol. The van der Waals surface area contributed by atoms with Crippen molar-refractivity contribution in [2.75, 3.05) is 6.54 Å². The van der Waals surface area contributed by atoms with E-state index in [4.69, 9.17) is 5.73 Å². The molecule has 112 valence electrons. The third-order valence-corrected chi connectivity index (χ3v) is 3.57. The molecule has 1 aromatic rings. The number of nitrogens with zero attached hydrogens (tertiary/aromatic N) is 1. The van der Waals surface area contributed by atoms with Gasteiger partial charge in [-0.2, -0.15) is 0 Å². The lowest BCUT2D eigenvalue weighted by Crippen LogP contribution is -2.51. The second-order valence-corrected chi connectivity index (χ2v) is 5.13. The van der Waals surface area contributed by atoms with E-state index in [2.05, 4.69) is 10.3 Å². The number of carbonyl (C=O) groups is 1. The van der Waals surface area contributed by atoms with Gasteiger partial charge in [-0.25, -0.2) is 0 Å². The first kappa shape index (κ1) is 16.5. The number of nitro groups is 1. The molecule has 0 atom stereocenters. The zero-order chi connectivity index (χ0) is 13.9. The van der Waals surface area contributed by atoms with E-state index in [1.807, 2.05) is 0 Å². The molecule has 0 saturated heterocycles. The Morgan fingerprint density at radius 1 is 1.45 bits per heavy atom. The minimum atomic E-state index is -0.543. The van der Waals surface area contributed by atoms with Gasteiger partial charge in [-0.3, -0.25) is 14.9 Å². The van der Waals surface area contributed by atoms with Crippen LogP contribution in [0.15, 0.2) is 12.3 Å². The van der Waals surface area contributed by atoms with E-state index in [9.17, 15) is 14.9 Å². The highest BCUT2D eigenvalue weighted by atomic mass is 35.5. The smallest absolute Gasteiger partial charge is 0.287 e. The first-order valence-electron chi connectivity index (χ1n) is 6.40. The third kappa shape index (κ3) is 3.94. The van der Waals surface area contributed by atoms with Crippen molar-refractivity contribution in [2.24, 2.45) is 5.73 Å². The zero-order valence-electron chi connectivity index (χ0n) is 11.1. The molecule has 2 rings (SSSR count). The first-order valence-corrected chi connectivity index (χ1v) is 6.40. The maximum absolute atomic E-state index is 11.8. The number of H-pyrrole nitrogens is 1. The number of hydrogen-bond donors (Lipinski definition) is 3. The van der Waals surface area contributed by atoms with E-state index in [0.717, 1.165) is 25.7 Å². The molecule has 8 heteroatoms. The minimum Gasteiger partial charge on any atom is -0.351 e. The van der Waals surface area contributed by atoms with Crippen LogP contribution in [0.5, 0.6) is 0 Å². The van der Waals surface area contributed by atoms with Crippen molar-refractivity contribution in [3.05, 3.63) is 28.1 Å². The van der Waals surface area contributed by atoms with Gasteiger partial charge in [-0.15, -0.1) is 12.4 Å². The number of nitrogens with one attached hydrogen (secondary N) is 2. The van der Waals surface area contributed by atoms with Crippen LogP contribution in [0.25, 0.3) is 0 Å². The molecule has 0 radical (unpaired) electrons. The molecule has 0 aromatic carbocycles. The molecule has 0 bridgehead atoms. The standard InChI is InChI=1S/C12H18N4O3.ClH/c13-12(4-2-1-3-5-12)8-15-11(17)10-6-9(7-14-10)16(18)19;/h6-7,14H,1-5,8,13H2,(H,15,17);1H. The van der Waals surface area contributed by atoms with Gasteiger partial charge in [0, 0.05) is 18.2 Å². The molecule has 1 aromatic heterocycles. The molecule has 0 spiro atoms. The molecule has 7 nitrogen and oxygen atoms in total. The van der Waals surface area contributed by atoms with Crippen LogP contribution in [-0.4, -0.2) is 27.9 Å². The monoisotopic (exact) mass is 302 g/mol. The quantitative estimate of drug-likeness (QED) is 0.580. The van der Waals surface area contributed by atoms with Crippen molar-refractivity contribution in [3.63, 3.8) is 0 Å². The van der Waals surface area contributed by atoms with Crippen molar-refractivity contribution < 1.29 is 9.72 Å². The Bertz CT molecular complexity index is 483. The van der Waals surface area contributed by atoms with E-state index in [0.29, 0.717) is 6.54 Å². The Labute approximate surface area is 122 Å². The molecular weight excluding hydrogens is 284 g/mol. The van der Waals surface area contributed by atoms with Crippen LogP contribution in [0.4, 0.5) is 5.69 Å². The number of nitrogens with two attached hydrogens (primary N) is 1. The van der Waals surface area contributed by atoms with Crippen molar-refractivity contribution in [2.45, 2.75) is 37.6 Å². The van der Waals surface area contributed by atoms with Gasteiger partial charge in [-0.1, -0.05) is 19.3 Å². The fraction of sp³-hybridized carbons (Fsp3) is 0.583. The van der Waals surface area contributed by atoms with Gasteiger partial charge in [0.25, 0.3) is 11.6 Å². The SMILES string of the molecule is Cl.NC1(CNC(=O)c2cc([N+](=O)[O-])c[nH]2)CCCCC1. The molecule has 1 aliphatic rings. The van der Waals surface area contributed by atoms with Gasteiger partial charge >= 0.3 is 0 Å². The van der Waals surface area contributed by atoms with Crippen LogP contribution in [0.2, 0.25) is 0 Å². The summed E-state index contributed by atoms with van der Waals surface area (Å²) >= 11 is 0. The summed E-state index contributed by atoms with van der Waals surface area (Å²) in [5, 5.41) is 13.3. The molecule has 1 heterocycles. The number of amides is 1. The Morgan fingerprint density at radius 2 is 2.10 bits per heavy atom. The third-order valence-electron chi connectivity index (χ3n) is 3.57. The van der Waals surface area contributed by atoms with Gasteiger partial charge in [-0.05, 0) is 12.8 Å². The first-order chi connectivity index (χ1) is 9.00. The highest BCUT2D eigenvalue weighted by molar-refractivity contribution is 5.93. The average molecular weight is 303 g/mol. The van der Waals surface area contributed by atoms with Crippen LogP contribution < -0.4 is 11.1 Å². The molecule has 20 heavy (non-hydrogen) atoms. The van der Waals surface area contributed by atoms with Crippen LogP contribution in [0.1, 0.15) is 42.6 Å². The second kappa shape index (κ2) is 6.71. The molecule has 1 fully saturated rings. The summed E-state index contributed by atoms with van der Waals surface area (Å²) in [6, 6.07) is 1.22. The molecule has 0 aliphatic heterocycles. The fourth-order valence-electron chi connectivity index (χ4n) is 2.40. The van der Waals surface area contributed by atoms with Crippen LogP contribution >= 0.6 is 12.4 Å². The van der Waals surface area contributed by atoms with Crippen LogP contribution in [0.3, 0.4) is 0 Å². The summed E-state index contributed by atoms with van der Waals surface area (Å²) in [5.74, 6) is -0.358. The molecule has 1 aliphatic carbocycles. The maximum Gasteiger partial charge on any atom is 0.287 e. The Kier molecular flexibility index (Phi) is 5.52. The maximum atomic E-state index is 11.8. The average Bonchev–Trinajstić information content (AvgIpc) is 2.87. The Balaban J connectivity index is 0.00000200. The van der Waals surface area contributed by atoms with Crippen molar-refractivity contribution in [1.82, 2.24) is 10.3 Å². The zero-order valence-corrected chi connectivity index (χ0v) is 11.9. The van der Waals surface area contributed by atoms with E-state index in [1.54, 1.807) is 0 Å². The summed E-state index contributed by atoms with van der Waals surface area (Å²) in [5.41, 5.74) is 5.93. The summed E-state index contributed by atoms with van der Waals surface area (Å²) in [6.07, 6.45) is 6.36. The molecule has 1 amide bonds. The number of rotatable bonds is 4. The van der Waals surface area contributed by atoms with Crippen molar-refractivity contribution in [1.29, 1.82) is 0 Å². The molecular formula is C12H19ClN4O3. The van der Waals surface area contributed by atoms with E-state index >= 15 is 0 Å². The van der Waals surface area contributed by atoms with E-state index < -0.39 is 4.92 Å². The van der Waals surface area contributed by atoms with E-state index in [-0.39, 0.29) is 35.2 Å². The number of aromatic amines is 1. The molecule has 0 unspecified atom stereocenters. The lowest BCUT2D eigenvalue weighted by molar-refractivity contribution is -0.384. The summed E-state index contributed by atoms with van der Waals surface area (Å²) in [6.45, 7) is 0.401. The van der Waals surface area contributed by atoms with Crippen molar-refractivity contribution in [3.8, 4) is 0 Å². The van der Waals surface area contributed by atoms with Gasteiger partial charge in [0.15, 0.2) is 0 Å². The highest BCUT2D eigenvalue weighted by Gasteiger charge is 2.28. The Morgan fingerprint density at radius 3 is 2.65 bits per heavy atom. The summed E-state index contributed by atoms with van der Waals surface area (Å²) < 4.78 is 0. The van der Waals surface area contributed by atoms with Gasteiger partial charge in [0.1, 0.15) is 5.69 Å². The van der Waals surface area contributed by atoms with E-state index in [1.165, 1.54) is 18.7 Å². The number of aromatic nitrogens is 1. The normalized spacial score (nSPS) is 17.1. The largest absolute Gasteiger partial charge is 0.351 e. The Hall–Kier alpha value is -1.60. The number of hydrogen-bond acceptors (Lipinski definition) is 4. The van der Waals surface area contributed by atoms with Gasteiger partial charge < -0.3 is 16.0 Å². The second-order valence-electron chi connectivity index (χ2n) is 5.13. The number of halogens is 1. The minimum absolute atomic E-state index is 0. The fourth-order valence-corrected chi connectivity index (χ4v) is 2.40. The molecule has 4 N–H and O–H groups in total. The topological polar surface area (TPSA) is 114 Å². The van der Waals surface area contributed by atoms with Crippen molar-refractivity contribution >= 4 is 24.0 Å². The van der Waals surface area contributed by atoms with Crippen LogP contribution in [-0.2, 0) is 0 Å².